The van der Waals surface area contributed by atoms with Crippen molar-refractivity contribution in [2.45, 2.75) is 97.4 Å². The number of benzene rings is 2. The molecule has 9 rings (SSSR count). The van der Waals surface area contributed by atoms with Gasteiger partial charge in [-0.2, -0.15) is 10.4 Å². The number of halogens is 1. The second-order valence-corrected chi connectivity index (χ2v) is 20.4. The molecule has 15 heteroatoms. The summed E-state index contributed by atoms with van der Waals surface area (Å²) in [6, 6.07) is 15.1. The van der Waals surface area contributed by atoms with E-state index in [1.165, 1.54) is 56.4 Å². The zero-order valence-electron chi connectivity index (χ0n) is 38.8. The number of imide groups is 1. The maximum atomic E-state index is 13.6. The van der Waals surface area contributed by atoms with Crippen LogP contribution in [0.25, 0.3) is 10.8 Å². The Morgan fingerprint density at radius 3 is 2.42 bits per heavy atom. The Morgan fingerprint density at radius 1 is 0.939 bits per heavy atom. The lowest BCUT2D eigenvalue weighted by Gasteiger charge is -2.46. The number of hydrogen-bond acceptors (Lipinski definition) is 11. The smallest absolute Gasteiger partial charge is 0.328 e. The molecular formula is C51H64ClN11O3. The standard InChI is InChI=1S/C51H64ClN11O3/c1-34-38(11-20-53)5-4-6-40(34)35(2)56-47-41-30-45(54-31-42(41)36(3)58-59-47)55-32-51(16-17-51)33-61-27-25-60(26-28-61)21-12-37-9-14-50(15-10-37)18-23-62(24-19-50)48(65)39-7-8-43(52)44(29-39)63-22-13-46(64)57-49(63)66/h4-8,29-31,35,37H,9-19,21-28,32-33H2,1-3H3,(H,54,55)(H,56,59)(H,57,64,66)/t35-/m1/s1. The van der Waals surface area contributed by atoms with Crippen molar-refractivity contribution in [1.29, 1.82) is 5.26 Å². The van der Waals surface area contributed by atoms with Crippen molar-refractivity contribution in [2.75, 3.05) is 81.0 Å². The first-order valence-corrected chi connectivity index (χ1v) is 24.5. The lowest BCUT2D eigenvalue weighted by Crippen LogP contribution is -2.49. The number of aryl methyl sites for hydroxylation is 1. The van der Waals surface area contributed by atoms with Gasteiger partial charge in [0.05, 0.1) is 34.9 Å². The predicted octanol–water partition coefficient (Wildman–Crippen LogP) is 8.29. The molecule has 1 spiro atoms. The number of carbonyl (C=O) groups is 3. The number of urea groups is 1. The Balaban J connectivity index is 0.699. The molecule has 1 atom stereocenters. The van der Waals surface area contributed by atoms with Crippen molar-refractivity contribution in [3.63, 3.8) is 0 Å². The van der Waals surface area contributed by atoms with E-state index in [1.807, 2.05) is 30.2 Å². The molecular weight excluding hydrogens is 850 g/mol. The van der Waals surface area contributed by atoms with E-state index in [4.69, 9.17) is 16.6 Å². The van der Waals surface area contributed by atoms with Crippen molar-refractivity contribution in [1.82, 2.24) is 35.2 Å². The van der Waals surface area contributed by atoms with Crippen LogP contribution in [0.1, 0.15) is 110 Å². The summed E-state index contributed by atoms with van der Waals surface area (Å²) in [5.41, 5.74) is 5.77. The molecule has 5 aliphatic rings. The number of anilines is 3. The average Bonchev–Trinajstić information content (AvgIpc) is 4.09. The van der Waals surface area contributed by atoms with E-state index >= 15 is 0 Å². The highest BCUT2D eigenvalue weighted by molar-refractivity contribution is 6.34. The third-order valence-electron chi connectivity index (χ3n) is 15.7. The van der Waals surface area contributed by atoms with Crippen molar-refractivity contribution in [3.05, 3.63) is 81.6 Å². The van der Waals surface area contributed by atoms with Crippen molar-refractivity contribution < 1.29 is 14.4 Å². The Kier molecular flexibility index (Phi) is 13.5. The molecule has 0 bridgehead atoms. The van der Waals surface area contributed by atoms with E-state index in [9.17, 15) is 19.6 Å². The van der Waals surface area contributed by atoms with Crippen LogP contribution in [0.3, 0.4) is 0 Å². The summed E-state index contributed by atoms with van der Waals surface area (Å²) in [6.45, 7) is 15.6. The maximum Gasteiger partial charge on any atom is 0.328 e. The van der Waals surface area contributed by atoms with Gasteiger partial charge in [-0.3, -0.25) is 19.8 Å². The van der Waals surface area contributed by atoms with E-state index in [-0.39, 0.29) is 36.2 Å². The van der Waals surface area contributed by atoms with Crippen molar-refractivity contribution in [2.24, 2.45) is 16.7 Å². The lowest BCUT2D eigenvalue weighted by atomic mass is 9.65. The van der Waals surface area contributed by atoms with Crippen LogP contribution >= 0.6 is 11.6 Å². The summed E-state index contributed by atoms with van der Waals surface area (Å²) in [4.78, 5) is 51.4. The molecule has 5 heterocycles. The van der Waals surface area contributed by atoms with Crippen LogP contribution in [0.2, 0.25) is 5.02 Å². The third kappa shape index (κ3) is 10.1. The van der Waals surface area contributed by atoms with Gasteiger partial charge in [0.25, 0.3) is 5.91 Å². The largest absolute Gasteiger partial charge is 0.369 e. The summed E-state index contributed by atoms with van der Waals surface area (Å²) < 4.78 is 0. The molecule has 2 aromatic carbocycles. The second kappa shape index (κ2) is 19.5. The molecule has 2 saturated carbocycles. The molecule has 4 aromatic rings. The van der Waals surface area contributed by atoms with Gasteiger partial charge >= 0.3 is 6.03 Å². The van der Waals surface area contributed by atoms with Gasteiger partial charge in [0.2, 0.25) is 5.91 Å². The normalized spacial score (nSPS) is 20.5. The number of nitrogens with one attached hydrogen (secondary N) is 3. The van der Waals surface area contributed by atoms with Crippen LogP contribution in [0, 0.1) is 41.9 Å². The number of pyridine rings is 1. The first kappa shape index (κ1) is 45.8. The number of nitriles is 1. The molecule has 4 amide bonds. The van der Waals surface area contributed by atoms with Gasteiger partial charge in [-0.05, 0) is 137 Å². The number of carbonyl (C=O) groups excluding carboxylic acids is 3. The molecule has 2 aliphatic carbocycles. The highest BCUT2D eigenvalue weighted by atomic mass is 35.5. The monoisotopic (exact) mass is 913 g/mol. The number of aromatic nitrogens is 3. The highest BCUT2D eigenvalue weighted by Crippen LogP contribution is 2.48. The summed E-state index contributed by atoms with van der Waals surface area (Å²) in [5.74, 6) is 2.03. The first-order valence-electron chi connectivity index (χ1n) is 24.1. The molecule has 3 aliphatic heterocycles. The van der Waals surface area contributed by atoms with Crippen LogP contribution in [0.4, 0.5) is 22.1 Å². The maximum absolute atomic E-state index is 13.6. The van der Waals surface area contributed by atoms with Crippen LogP contribution in [0.15, 0.2) is 48.7 Å². The fourth-order valence-corrected chi connectivity index (χ4v) is 11.3. The fourth-order valence-electron chi connectivity index (χ4n) is 11.1. The summed E-state index contributed by atoms with van der Waals surface area (Å²) in [5, 5.41) is 30.4. The quantitative estimate of drug-likeness (QED) is 0.112. The average molecular weight is 915 g/mol. The van der Waals surface area contributed by atoms with E-state index in [0.29, 0.717) is 28.1 Å². The van der Waals surface area contributed by atoms with E-state index < -0.39 is 6.03 Å². The zero-order valence-corrected chi connectivity index (χ0v) is 39.6. The van der Waals surface area contributed by atoms with Gasteiger partial charge < -0.3 is 25.3 Å². The van der Waals surface area contributed by atoms with E-state index in [1.54, 1.807) is 18.2 Å². The lowest BCUT2D eigenvalue weighted by molar-refractivity contribution is -0.120. The Labute approximate surface area is 393 Å². The Bertz CT molecular complexity index is 2500. The predicted molar refractivity (Wildman–Crippen MR) is 259 cm³/mol. The molecule has 3 saturated heterocycles. The van der Waals surface area contributed by atoms with Gasteiger partial charge in [0.1, 0.15) is 5.82 Å². The van der Waals surface area contributed by atoms with Crippen LogP contribution in [0.5, 0.6) is 0 Å². The van der Waals surface area contributed by atoms with E-state index in [0.717, 1.165) is 116 Å². The summed E-state index contributed by atoms with van der Waals surface area (Å²) in [6.07, 6.45) is 13.4. The number of nitrogens with zero attached hydrogens (tertiary/aromatic N) is 8. The SMILES string of the molecule is Cc1c(CC#N)cccc1[C@@H](C)Nc1nnc(C)c2cnc(NCC3(CN4CCN(CCC5CCC6(CC5)CCN(C(=O)c5ccc(Cl)c(N7CCC(=O)NC7=O)c5)CC6)CC4)CC3)cc12. The van der Waals surface area contributed by atoms with Gasteiger partial charge in [-0.1, -0.05) is 29.8 Å². The molecule has 66 heavy (non-hydrogen) atoms. The fraction of sp³-hybridized carbons (Fsp3) is 0.549. The number of fused-ring (bicyclic) bond motifs is 1. The number of likely N-dealkylation sites (tertiary alicyclic amines) is 1. The Hall–Kier alpha value is -5.36. The number of rotatable bonds is 14. The van der Waals surface area contributed by atoms with E-state index in [2.05, 4.69) is 68.0 Å². The minimum Gasteiger partial charge on any atom is -0.369 e. The van der Waals surface area contributed by atoms with Crippen molar-refractivity contribution >= 4 is 57.5 Å². The molecule has 2 aromatic heterocycles. The second-order valence-electron chi connectivity index (χ2n) is 20.0. The van der Waals surface area contributed by atoms with Crippen molar-refractivity contribution in [3.8, 4) is 6.07 Å². The highest BCUT2D eigenvalue weighted by Gasteiger charge is 2.44. The molecule has 5 fully saturated rings. The minimum absolute atomic E-state index is 0.0197. The van der Waals surface area contributed by atoms with Crippen LogP contribution < -0.4 is 20.9 Å². The van der Waals surface area contributed by atoms with Crippen LogP contribution in [-0.4, -0.2) is 113 Å². The first-order chi connectivity index (χ1) is 31.9. The number of piperazine rings is 1. The van der Waals surface area contributed by atoms with Gasteiger partial charge in [0, 0.05) is 93.3 Å². The summed E-state index contributed by atoms with van der Waals surface area (Å²) >= 11 is 6.45. The molecule has 0 unspecified atom stereocenters. The minimum atomic E-state index is -0.510. The molecule has 14 nitrogen and oxygen atoms in total. The van der Waals surface area contributed by atoms with Gasteiger partial charge in [0.15, 0.2) is 5.82 Å². The third-order valence-corrected chi connectivity index (χ3v) is 16.0. The van der Waals surface area contributed by atoms with Crippen LogP contribution in [-0.2, 0) is 11.2 Å². The Morgan fingerprint density at radius 2 is 1.70 bits per heavy atom. The number of hydrogen-bond donors (Lipinski definition) is 3. The number of piperidine rings is 1. The molecule has 0 radical (unpaired) electrons. The van der Waals surface area contributed by atoms with Gasteiger partial charge in [-0.15, -0.1) is 5.10 Å². The zero-order chi connectivity index (χ0) is 46.0. The summed E-state index contributed by atoms with van der Waals surface area (Å²) in [7, 11) is 0. The number of amides is 4. The van der Waals surface area contributed by atoms with Gasteiger partial charge in [-0.25, -0.2) is 9.78 Å². The molecule has 3 N–H and O–H groups in total. The topological polar surface area (TPSA) is 163 Å². The molecule has 348 valence electrons.